The Morgan fingerprint density at radius 2 is 1.97 bits per heavy atom. The van der Waals surface area contributed by atoms with E-state index in [4.69, 9.17) is 10.00 Å². The van der Waals surface area contributed by atoms with Crippen molar-refractivity contribution in [2.75, 3.05) is 7.11 Å². The molecule has 1 atom stereocenters. The molecule has 1 unspecified atom stereocenters. The van der Waals surface area contributed by atoms with Gasteiger partial charge in [0, 0.05) is 22.7 Å². The van der Waals surface area contributed by atoms with Gasteiger partial charge in [0.2, 0.25) is 0 Å². The molecule has 6 nitrogen and oxygen atoms in total. The second-order valence-corrected chi connectivity index (χ2v) is 6.66. The first kappa shape index (κ1) is 20.3. The lowest BCUT2D eigenvalue weighted by Crippen LogP contribution is -2.23. The maximum absolute atomic E-state index is 13.1. The van der Waals surface area contributed by atoms with E-state index < -0.39 is 0 Å². The summed E-state index contributed by atoms with van der Waals surface area (Å²) >= 11 is 0. The van der Waals surface area contributed by atoms with Gasteiger partial charge in [0.1, 0.15) is 5.75 Å². The lowest BCUT2D eigenvalue weighted by atomic mass is 9.97. The van der Waals surface area contributed by atoms with E-state index in [0.717, 1.165) is 27.8 Å². The van der Waals surface area contributed by atoms with Gasteiger partial charge in [0.15, 0.2) is 0 Å². The van der Waals surface area contributed by atoms with Crippen LogP contribution in [-0.2, 0) is 0 Å². The minimum absolute atomic E-state index is 0.139. The summed E-state index contributed by atoms with van der Waals surface area (Å²) in [5.41, 5.74) is 4.15. The van der Waals surface area contributed by atoms with E-state index in [0.29, 0.717) is 22.9 Å². The Kier molecular flexibility index (Phi) is 5.79. The number of hydrogen-bond acceptors (Lipinski definition) is 3. The van der Waals surface area contributed by atoms with Crippen molar-refractivity contribution in [2.24, 2.45) is 0 Å². The minimum Gasteiger partial charge on any atom is -0.496 e. The molecular formula is C23H26N4O2. The molecular weight excluding hydrogens is 364 g/mol. The monoisotopic (exact) mass is 390 g/mol. The molecule has 2 aromatic carbocycles. The van der Waals surface area contributed by atoms with Gasteiger partial charge in [0.05, 0.1) is 35.7 Å². The number of nitrogens with zero attached hydrogens (tertiary/aromatic N) is 2. The number of H-pyrrole nitrogens is 2. The summed E-state index contributed by atoms with van der Waals surface area (Å²) in [5, 5.41) is 13.9. The highest BCUT2D eigenvalue weighted by atomic mass is 16.5. The second kappa shape index (κ2) is 8.27. The smallest absolute Gasteiger partial charge is 0.275 e. The lowest BCUT2D eigenvalue weighted by molar-refractivity contribution is 0.395. The fourth-order valence-electron chi connectivity index (χ4n) is 3.85. The summed E-state index contributed by atoms with van der Waals surface area (Å²) in [6.07, 6.45) is 2.61. The Labute approximate surface area is 169 Å². The van der Waals surface area contributed by atoms with Crippen LogP contribution in [0.2, 0.25) is 0 Å². The zero-order chi connectivity index (χ0) is 21.1. The van der Waals surface area contributed by atoms with E-state index in [1.54, 1.807) is 30.0 Å². The normalized spacial score (nSPS) is 11.7. The van der Waals surface area contributed by atoms with Crippen LogP contribution in [0.1, 0.15) is 49.9 Å². The molecule has 0 fully saturated rings. The Morgan fingerprint density at radius 3 is 2.62 bits per heavy atom. The van der Waals surface area contributed by atoms with Crippen LogP contribution < -0.4 is 10.3 Å². The van der Waals surface area contributed by atoms with Crippen molar-refractivity contribution >= 4 is 21.8 Å². The highest BCUT2D eigenvalue weighted by Crippen LogP contribution is 2.37. The zero-order valence-corrected chi connectivity index (χ0v) is 17.5. The first-order valence-corrected chi connectivity index (χ1v) is 9.88. The molecule has 2 N–H and O–H groups in total. The molecule has 6 heteroatoms. The number of methoxy groups -OCH3 is 1. The van der Waals surface area contributed by atoms with Crippen molar-refractivity contribution in [3.05, 3.63) is 63.6 Å². The average Bonchev–Trinajstić information content (AvgIpc) is 3.37. The topological polar surface area (TPSA) is 86.6 Å². The number of aromatic amines is 2. The number of fused-ring (bicyclic) bond motifs is 2. The molecule has 2 heterocycles. The van der Waals surface area contributed by atoms with Gasteiger partial charge in [-0.15, -0.1) is 0 Å². The predicted molar refractivity (Wildman–Crippen MR) is 117 cm³/mol. The van der Waals surface area contributed by atoms with Crippen LogP contribution >= 0.6 is 0 Å². The average molecular weight is 390 g/mol. The van der Waals surface area contributed by atoms with Crippen LogP contribution in [0.15, 0.2) is 41.3 Å². The van der Waals surface area contributed by atoms with E-state index in [9.17, 15) is 4.79 Å². The van der Waals surface area contributed by atoms with E-state index in [1.807, 2.05) is 46.0 Å². The number of ether oxygens (including phenoxy) is 1. The van der Waals surface area contributed by atoms with Crippen molar-refractivity contribution in [1.82, 2.24) is 14.8 Å². The first-order chi connectivity index (χ1) is 14.1. The van der Waals surface area contributed by atoms with Crippen molar-refractivity contribution in [3.63, 3.8) is 0 Å². The number of nitriles is 1. The highest BCUT2D eigenvalue weighted by molar-refractivity contribution is 5.89. The van der Waals surface area contributed by atoms with E-state index in [2.05, 4.69) is 16.2 Å². The van der Waals surface area contributed by atoms with Gasteiger partial charge in [-0.25, -0.2) is 4.68 Å². The van der Waals surface area contributed by atoms with E-state index in [1.165, 1.54) is 0 Å². The van der Waals surface area contributed by atoms with E-state index >= 15 is 0 Å². The molecule has 0 spiro atoms. The first-order valence-electron chi connectivity index (χ1n) is 9.88. The number of hydrogen-bond donors (Lipinski definition) is 2. The largest absolute Gasteiger partial charge is 0.496 e. The van der Waals surface area contributed by atoms with Gasteiger partial charge < -0.3 is 9.72 Å². The molecule has 0 saturated carbocycles. The molecule has 0 aliphatic heterocycles. The summed E-state index contributed by atoms with van der Waals surface area (Å²) in [4.78, 5) is 16.4. The van der Waals surface area contributed by atoms with Gasteiger partial charge in [-0.2, -0.15) is 5.26 Å². The molecule has 2 aromatic heterocycles. The maximum atomic E-state index is 13.1. The summed E-state index contributed by atoms with van der Waals surface area (Å²) in [6, 6.07) is 11.0. The third-order valence-corrected chi connectivity index (χ3v) is 5.13. The third-order valence-electron chi connectivity index (χ3n) is 5.13. The number of aryl methyl sites for hydroxylation is 1. The number of rotatable bonds is 4. The lowest BCUT2D eigenvalue weighted by Gasteiger charge is -2.21. The predicted octanol–water partition coefficient (Wildman–Crippen LogP) is 5.03. The molecule has 150 valence electrons. The number of benzene rings is 2. The Bertz CT molecular complexity index is 1250. The maximum Gasteiger partial charge on any atom is 0.275 e. The van der Waals surface area contributed by atoms with Crippen LogP contribution in [0.5, 0.6) is 5.75 Å². The molecule has 0 saturated heterocycles. The third kappa shape index (κ3) is 3.29. The summed E-state index contributed by atoms with van der Waals surface area (Å²) in [6.45, 7) is 8.08. The summed E-state index contributed by atoms with van der Waals surface area (Å²) in [5.74, 6) is 0.759. The van der Waals surface area contributed by atoms with Gasteiger partial charge >= 0.3 is 0 Å². The fraction of sp³-hybridized carbons (Fsp3) is 0.304. The van der Waals surface area contributed by atoms with Crippen LogP contribution in [0, 0.1) is 18.3 Å². The second-order valence-electron chi connectivity index (χ2n) is 6.66. The number of nitrogens with one attached hydrogen (secondary N) is 2. The Morgan fingerprint density at radius 1 is 1.21 bits per heavy atom. The fourth-order valence-corrected chi connectivity index (χ4v) is 3.85. The van der Waals surface area contributed by atoms with Gasteiger partial charge in [-0.05, 0) is 49.2 Å². The molecule has 0 aliphatic rings. The van der Waals surface area contributed by atoms with E-state index in [-0.39, 0.29) is 11.6 Å². The molecule has 0 amide bonds. The summed E-state index contributed by atoms with van der Waals surface area (Å²) in [7, 11) is 1.65. The highest BCUT2D eigenvalue weighted by Gasteiger charge is 2.24. The molecule has 0 aliphatic carbocycles. The standard InChI is InChI=1S/C21H20N4O2.C2H6/c1-4-17(19-14-7-8-23-20(14)12(2)9-18(19)27-3)25-21(26)15-10-13(11-22)5-6-16(15)24-25;1-2/h5-10,17,23-24H,4H2,1-3H3;1-2H3. The van der Waals surface area contributed by atoms with Crippen molar-refractivity contribution in [2.45, 2.75) is 40.2 Å². The Balaban J connectivity index is 0.00000117. The summed E-state index contributed by atoms with van der Waals surface area (Å²) < 4.78 is 7.32. The van der Waals surface area contributed by atoms with Crippen LogP contribution in [0.4, 0.5) is 0 Å². The minimum atomic E-state index is -0.218. The molecule has 0 radical (unpaired) electrons. The van der Waals surface area contributed by atoms with Crippen molar-refractivity contribution in [1.29, 1.82) is 5.26 Å². The van der Waals surface area contributed by atoms with Gasteiger partial charge in [-0.1, -0.05) is 20.8 Å². The molecule has 4 aromatic rings. The van der Waals surface area contributed by atoms with Gasteiger partial charge in [0.25, 0.3) is 5.56 Å². The van der Waals surface area contributed by atoms with Gasteiger partial charge in [-0.3, -0.25) is 9.89 Å². The SMILES string of the molecule is CC.CCC(c1c(OC)cc(C)c2[nH]ccc12)n1[nH]c2ccc(C#N)cc2c1=O. The van der Waals surface area contributed by atoms with Crippen LogP contribution in [0.3, 0.4) is 0 Å². The Hall–Kier alpha value is -3.46. The molecule has 4 rings (SSSR count). The molecule has 0 bridgehead atoms. The van der Waals surface area contributed by atoms with Crippen LogP contribution in [0.25, 0.3) is 21.8 Å². The van der Waals surface area contributed by atoms with Crippen molar-refractivity contribution in [3.8, 4) is 11.8 Å². The van der Waals surface area contributed by atoms with Crippen molar-refractivity contribution < 1.29 is 4.74 Å². The zero-order valence-electron chi connectivity index (χ0n) is 17.5. The quantitative estimate of drug-likeness (QED) is 0.513. The van der Waals surface area contributed by atoms with Crippen LogP contribution in [-0.4, -0.2) is 21.9 Å². The molecule has 29 heavy (non-hydrogen) atoms. The number of aromatic nitrogens is 3.